The monoisotopic (exact) mass is 194 g/mol. The predicted octanol–water partition coefficient (Wildman–Crippen LogP) is 4.05. The lowest BCUT2D eigenvalue weighted by Gasteiger charge is -1.88. The van der Waals surface area contributed by atoms with Crippen LogP contribution in [0.4, 0.5) is 0 Å². The van der Waals surface area contributed by atoms with Gasteiger partial charge in [-0.2, -0.15) is 0 Å². The van der Waals surface area contributed by atoms with E-state index >= 15 is 0 Å². The highest BCUT2D eigenvalue weighted by Gasteiger charge is 1.81. The number of hydrogen-bond donors (Lipinski definition) is 0. The average molecular weight is 194 g/mol. The van der Waals surface area contributed by atoms with Gasteiger partial charge in [-0.25, -0.2) is 0 Å². The third-order valence-electron chi connectivity index (χ3n) is 2.02. The zero-order valence-corrected chi connectivity index (χ0v) is 9.24. The lowest BCUT2D eigenvalue weighted by Crippen LogP contribution is -1.73. The van der Waals surface area contributed by atoms with Gasteiger partial charge in [-0.05, 0) is 25.7 Å². The van der Waals surface area contributed by atoms with E-state index in [0.717, 1.165) is 25.5 Å². The van der Waals surface area contributed by atoms with E-state index in [1.54, 1.807) is 0 Å². The SMILES string of the molecule is CCCC/C=C/C/C=C/CCCC=O. The summed E-state index contributed by atoms with van der Waals surface area (Å²) in [5, 5.41) is 0. The summed E-state index contributed by atoms with van der Waals surface area (Å²) >= 11 is 0. The second-order valence-corrected chi connectivity index (χ2v) is 3.42. The third-order valence-corrected chi connectivity index (χ3v) is 2.02. The molecule has 0 unspecified atom stereocenters. The number of allylic oxidation sites excluding steroid dienone is 4. The molecule has 0 amide bonds. The highest BCUT2D eigenvalue weighted by molar-refractivity contribution is 5.48. The molecule has 0 N–H and O–H groups in total. The maximum Gasteiger partial charge on any atom is 0.120 e. The minimum Gasteiger partial charge on any atom is -0.303 e. The lowest BCUT2D eigenvalue weighted by molar-refractivity contribution is -0.107. The third kappa shape index (κ3) is 11.2. The van der Waals surface area contributed by atoms with Gasteiger partial charge in [-0.1, -0.05) is 44.1 Å². The summed E-state index contributed by atoms with van der Waals surface area (Å²) in [5.74, 6) is 0. The summed E-state index contributed by atoms with van der Waals surface area (Å²) in [4.78, 5) is 10.0. The average Bonchev–Trinajstić information content (AvgIpc) is 2.21. The molecule has 0 fully saturated rings. The van der Waals surface area contributed by atoms with E-state index in [1.165, 1.54) is 19.3 Å². The van der Waals surface area contributed by atoms with Crippen molar-refractivity contribution in [2.75, 3.05) is 0 Å². The molecule has 0 aliphatic rings. The highest BCUT2D eigenvalue weighted by Crippen LogP contribution is 1.98. The second kappa shape index (κ2) is 12.2. The van der Waals surface area contributed by atoms with E-state index in [0.29, 0.717) is 6.42 Å². The van der Waals surface area contributed by atoms with E-state index in [4.69, 9.17) is 0 Å². The summed E-state index contributed by atoms with van der Waals surface area (Å²) in [6.07, 6.45) is 17.3. The molecule has 0 heterocycles. The highest BCUT2D eigenvalue weighted by atomic mass is 16.1. The Labute approximate surface area is 87.9 Å². The Morgan fingerprint density at radius 3 is 2.07 bits per heavy atom. The molecule has 14 heavy (non-hydrogen) atoms. The van der Waals surface area contributed by atoms with Gasteiger partial charge in [0.1, 0.15) is 6.29 Å². The smallest absolute Gasteiger partial charge is 0.120 e. The molecule has 0 aromatic heterocycles. The van der Waals surface area contributed by atoms with E-state index in [2.05, 4.69) is 31.2 Å². The number of carbonyl (C=O) groups is 1. The molecule has 0 radical (unpaired) electrons. The topological polar surface area (TPSA) is 17.1 Å². The molecule has 0 bridgehead atoms. The van der Waals surface area contributed by atoms with Crippen molar-refractivity contribution in [3.05, 3.63) is 24.3 Å². The van der Waals surface area contributed by atoms with E-state index in [-0.39, 0.29) is 0 Å². The first-order chi connectivity index (χ1) is 6.91. The zero-order valence-electron chi connectivity index (χ0n) is 9.24. The lowest BCUT2D eigenvalue weighted by atomic mass is 10.2. The first-order valence-electron chi connectivity index (χ1n) is 5.65. The fourth-order valence-electron chi connectivity index (χ4n) is 1.15. The van der Waals surface area contributed by atoms with Gasteiger partial charge >= 0.3 is 0 Å². The maximum atomic E-state index is 10.0. The summed E-state index contributed by atoms with van der Waals surface area (Å²) in [5.41, 5.74) is 0. The van der Waals surface area contributed by atoms with E-state index < -0.39 is 0 Å². The molecule has 0 rings (SSSR count). The van der Waals surface area contributed by atoms with Crippen LogP contribution in [0.5, 0.6) is 0 Å². The number of hydrogen-bond acceptors (Lipinski definition) is 1. The van der Waals surface area contributed by atoms with Crippen LogP contribution < -0.4 is 0 Å². The van der Waals surface area contributed by atoms with Gasteiger partial charge < -0.3 is 4.79 Å². The fraction of sp³-hybridized carbons (Fsp3) is 0.615. The molecule has 0 spiro atoms. The largest absolute Gasteiger partial charge is 0.303 e. The Morgan fingerprint density at radius 1 is 0.857 bits per heavy atom. The van der Waals surface area contributed by atoms with Crippen LogP contribution in [0.2, 0.25) is 0 Å². The summed E-state index contributed by atoms with van der Waals surface area (Å²) in [6, 6.07) is 0. The van der Waals surface area contributed by atoms with Crippen molar-refractivity contribution in [1.29, 1.82) is 0 Å². The number of aldehydes is 1. The molecule has 1 nitrogen and oxygen atoms in total. The molecule has 0 aromatic rings. The summed E-state index contributed by atoms with van der Waals surface area (Å²) in [6.45, 7) is 2.21. The van der Waals surface area contributed by atoms with Crippen molar-refractivity contribution < 1.29 is 4.79 Å². The quantitative estimate of drug-likeness (QED) is 0.307. The van der Waals surface area contributed by atoms with Crippen molar-refractivity contribution in [1.82, 2.24) is 0 Å². The Kier molecular flexibility index (Phi) is 11.4. The van der Waals surface area contributed by atoms with E-state index in [1.807, 2.05) is 0 Å². The van der Waals surface area contributed by atoms with Crippen molar-refractivity contribution in [3.8, 4) is 0 Å². The van der Waals surface area contributed by atoms with Gasteiger partial charge in [-0.3, -0.25) is 0 Å². The molecule has 0 saturated heterocycles. The van der Waals surface area contributed by atoms with Gasteiger partial charge in [0.25, 0.3) is 0 Å². The molecule has 0 atom stereocenters. The van der Waals surface area contributed by atoms with Gasteiger partial charge in [0.05, 0.1) is 0 Å². The van der Waals surface area contributed by atoms with Crippen LogP contribution in [0.1, 0.15) is 51.9 Å². The first kappa shape index (κ1) is 13.2. The van der Waals surface area contributed by atoms with Gasteiger partial charge in [-0.15, -0.1) is 0 Å². The van der Waals surface area contributed by atoms with E-state index in [9.17, 15) is 4.79 Å². The molecular formula is C13H22O. The molecule has 80 valence electrons. The predicted molar refractivity (Wildman–Crippen MR) is 62.3 cm³/mol. The standard InChI is InChI=1S/C13H22O/c1-2-3-4-5-6-7-8-9-10-11-12-13-14/h5-6,8-9,13H,2-4,7,10-12H2,1H3/b6-5+,9-8+. The summed E-state index contributed by atoms with van der Waals surface area (Å²) < 4.78 is 0. The molecule has 0 aliphatic carbocycles. The fourth-order valence-corrected chi connectivity index (χ4v) is 1.15. The number of unbranched alkanes of at least 4 members (excludes halogenated alkanes) is 4. The van der Waals surface area contributed by atoms with Crippen LogP contribution in [0, 0.1) is 0 Å². The number of carbonyl (C=O) groups excluding carboxylic acids is 1. The molecule has 1 heteroatoms. The van der Waals surface area contributed by atoms with Gasteiger partial charge in [0.15, 0.2) is 0 Å². The van der Waals surface area contributed by atoms with Crippen LogP contribution in [-0.4, -0.2) is 6.29 Å². The van der Waals surface area contributed by atoms with Crippen molar-refractivity contribution in [3.63, 3.8) is 0 Å². The van der Waals surface area contributed by atoms with Crippen LogP contribution in [0.3, 0.4) is 0 Å². The molecule has 0 aliphatic heterocycles. The Morgan fingerprint density at radius 2 is 1.50 bits per heavy atom. The Balaban J connectivity index is 3.17. The first-order valence-corrected chi connectivity index (χ1v) is 5.65. The van der Waals surface area contributed by atoms with Crippen molar-refractivity contribution in [2.45, 2.75) is 51.9 Å². The van der Waals surface area contributed by atoms with Crippen LogP contribution in [0.15, 0.2) is 24.3 Å². The van der Waals surface area contributed by atoms with Gasteiger partial charge in [0.2, 0.25) is 0 Å². The molecule has 0 saturated carbocycles. The minimum absolute atomic E-state index is 0.691. The maximum absolute atomic E-state index is 10.0. The second-order valence-electron chi connectivity index (χ2n) is 3.42. The zero-order chi connectivity index (χ0) is 10.5. The molecule has 0 aromatic carbocycles. The number of rotatable bonds is 9. The van der Waals surface area contributed by atoms with Crippen molar-refractivity contribution >= 4 is 6.29 Å². The summed E-state index contributed by atoms with van der Waals surface area (Å²) in [7, 11) is 0. The van der Waals surface area contributed by atoms with Crippen LogP contribution >= 0.6 is 0 Å². The van der Waals surface area contributed by atoms with Crippen molar-refractivity contribution in [2.24, 2.45) is 0 Å². The van der Waals surface area contributed by atoms with Crippen LogP contribution in [-0.2, 0) is 4.79 Å². The Bertz CT molecular complexity index is 168. The minimum atomic E-state index is 0.691. The molecular weight excluding hydrogens is 172 g/mol. The van der Waals surface area contributed by atoms with Gasteiger partial charge in [0, 0.05) is 6.42 Å². The Hall–Kier alpha value is -0.850. The normalized spacial score (nSPS) is 11.5. The van der Waals surface area contributed by atoms with Crippen LogP contribution in [0.25, 0.3) is 0 Å².